The number of ether oxygens (including phenoxy) is 1. The fourth-order valence-corrected chi connectivity index (χ4v) is 5.44. The molecule has 1 fully saturated rings. The van der Waals surface area contributed by atoms with Crippen LogP contribution in [0, 0.1) is 11.7 Å². The van der Waals surface area contributed by atoms with Gasteiger partial charge in [0.1, 0.15) is 17.4 Å². The highest BCUT2D eigenvalue weighted by molar-refractivity contribution is 7.90. The summed E-state index contributed by atoms with van der Waals surface area (Å²) in [7, 11) is -4.45. The number of pyridine rings is 2. The van der Waals surface area contributed by atoms with Gasteiger partial charge in [-0.3, -0.25) is 9.59 Å². The number of halogens is 1. The van der Waals surface area contributed by atoms with Crippen molar-refractivity contribution in [3.63, 3.8) is 0 Å². The first-order valence-electron chi connectivity index (χ1n) is 11.9. The van der Waals surface area contributed by atoms with Gasteiger partial charge in [-0.25, -0.2) is 22.5 Å². The first-order chi connectivity index (χ1) is 17.4. The molecular formula is C26H29FN4O5S. The molecule has 1 amide bonds. The van der Waals surface area contributed by atoms with Crippen LogP contribution in [0.15, 0.2) is 58.4 Å². The maximum atomic E-state index is 14.3. The minimum atomic E-state index is -4.45. The molecule has 1 saturated heterocycles. The van der Waals surface area contributed by atoms with Crippen molar-refractivity contribution in [3.05, 3.63) is 70.4 Å². The number of nitrogens with zero attached hydrogens (tertiary/aromatic N) is 2. The van der Waals surface area contributed by atoms with E-state index in [1.165, 1.54) is 36.5 Å². The van der Waals surface area contributed by atoms with E-state index in [2.05, 4.69) is 11.9 Å². The number of amides is 1. The molecule has 2 aromatic heterocycles. The van der Waals surface area contributed by atoms with Crippen molar-refractivity contribution >= 4 is 21.7 Å². The highest BCUT2D eigenvalue weighted by Crippen LogP contribution is 2.39. The average Bonchev–Trinajstić information content (AvgIpc) is 3.10. The Kier molecular flexibility index (Phi) is 7.09. The molecule has 0 radical (unpaired) electrons. The van der Waals surface area contributed by atoms with Gasteiger partial charge in [-0.15, -0.1) is 0 Å². The van der Waals surface area contributed by atoms with Crippen LogP contribution in [0.2, 0.25) is 0 Å². The Labute approximate surface area is 214 Å². The van der Waals surface area contributed by atoms with Gasteiger partial charge in [-0.1, -0.05) is 6.92 Å². The lowest BCUT2D eigenvalue weighted by atomic mass is 9.90. The molecule has 4 rings (SSSR count). The summed E-state index contributed by atoms with van der Waals surface area (Å²) in [5, 5.41) is 0. The summed E-state index contributed by atoms with van der Waals surface area (Å²) >= 11 is 0. The number of rotatable bonds is 7. The number of aromatic amines is 1. The van der Waals surface area contributed by atoms with Gasteiger partial charge in [-0.2, -0.15) is 0 Å². The lowest BCUT2D eigenvalue weighted by Crippen LogP contribution is -2.44. The van der Waals surface area contributed by atoms with Gasteiger partial charge in [0, 0.05) is 29.9 Å². The maximum Gasteiger partial charge on any atom is 0.269 e. The van der Waals surface area contributed by atoms with Crippen LogP contribution in [-0.4, -0.2) is 43.0 Å². The maximum absolute atomic E-state index is 14.3. The van der Waals surface area contributed by atoms with Crippen molar-refractivity contribution in [3.8, 4) is 17.0 Å². The Bertz CT molecular complexity index is 1500. The predicted molar refractivity (Wildman–Crippen MR) is 138 cm³/mol. The van der Waals surface area contributed by atoms with Gasteiger partial charge in [-0.05, 0) is 69.5 Å². The number of hydrogen-bond acceptors (Lipinski definition) is 7. The third-order valence-electron chi connectivity index (χ3n) is 6.84. The van der Waals surface area contributed by atoms with Crippen molar-refractivity contribution in [1.29, 1.82) is 0 Å². The molecule has 0 bridgehead atoms. The number of carbonyl (C=O) groups is 1. The fourth-order valence-electron chi connectivity index (χ4n) is 4.41. The summed E-state index contributed by atoms with van der Waals surface area (Å²) in [4.78, 5) is 33.7. The average molecular weight is 529 g/mol. The molecule has 3 aromatic rings. The van der Waals surface area contributed by atoms with Crippen LogP contribution in [0.3, 0.4) is 0 Å². The number of anilines is 1. The number of sulfonamides is 1. The van der Waals surface area contributed by atoms with Gasteiger partial charge in [0.15, 0.2) is 4.90 Å². The zero-order valence-corrected chi connectivity index (χ0v) is 21.9. The molecule has 0 saturated carbocycles. The molecule has 1 atom stereocenters. The number of hydrogen-bond donors (Lipinski definition) is 2. The van der Waals surface area contributed by atoms with Crippen LogP contribution >= 0.6 is 0 Å². The van der Waals surface area contributed by atoms with E-state index >= 15 is 0 Å². The highest BCUT2D eigenvalue weighted by Gasteiger charge is 2.41. The molecule has 196 valence electrons. The third kappa shape index (κ3) is 5.22. The van der Waals surface area contributed by atoms with E-state index in [1.807, 2.05) is 23.5 Å². The van der Waals surface area contributed by atoms with E-state index in [0.29, 0.717) is 30.2 Å². The van der Waals surface area contributed by atoms with E-state index in [9.17, 15) is 22.4 Å². The molecule has 1 aliphatic heterocycles. The SMILES string of the molecule is CCOc1cc(F)cc(-c2ccc(C(=O)NS(=O)(=O)c3ccc[nH]c3=O)c(N3CCC(C)C3(C)C)n2)c1. The Morgan fingerprint density at radius 2 is 2.03 bits per heavy atom. The van der Waals surface area contributed by atoms with Crippen LogP contribution < -0.4 is 19.9 Å². The number of benzene rings is 1. The normalized spacial score (nSPS) is 17.0. The molecule has 9 nitrogen and oxygen atoms in total. The van der Waals surface area contributed by atoms with Crippen LogP contribution in [0.25, 0.3) is 11.3 Å². The van der Waals surface area contributed by atoms with Crippen LogP contribution in [0.5, 0.6) is 5.75 Å². The van der Waals surface area contributed by atoms with Crippen molar-refractivity contribution in [2.24, 2.45) is 5.92 Å². The monoisotopic (exact) mass is 528 g/mol. The minimum Gasteiger partial charge on any atom is -0.494 e. The molecular weight excluding hydrogens is 499 g/mol. The molecule has 0 aliphatic carbocycles. The van der Waals surface area contributed by atoms with Gasteiger partial charge in [0.05, 0.1) is 17.9 Å². The van der Waals surface area contributed by atoms with E-state index in [1.54, 1.807) is 13.0 Å². The lowest BCUT2D eigenvalue weighted by molar-refractivity contribution is 0.0981. The number of nitrogens with one attached hydrogen (secondary N) is 2. The Balaban J connectivity index is 1.80. The van der Waals surface area contributed by atoms with Crippen molar-refractivity contribution < 1.29 is 22.3 Å². The lowest BCUT2D eigenvalue weighted by Gasteiger charge is -2.36. The molecule has 2 N–H and O–H groups in total. The van der Waals surface area contributed by atoms with Crippen LogP contribution in [-0.2, 0) is 10.0 Å². The topological polar surface area (TPSA) is 121 Å². The zero-order valence-electron chi connectivity index (χ0n) is 21.0. The molecule has 0 spiro atoms. The second-order valence-electron chi connectivity index (χ2n) is 9.47. The fraction of sp³-hybridized carbons (Fsp3) is 0.346. The number of H-pyrrole nitrogens is 1. The van der Waals surface area contributed by atoms with E-state index < -0.39 is 37.7 Å². The van der Waals surface area contributed by atoms with E-state index in [0.717, 1.165) is 12.5 Å². The first kappa shape index (κ1) is 26.3. The van der Waals surface area contributed by atoms with Gasteiger partial charge >= 0.3 is 0 Å². The predicted octanol–water partition coefficient (Wildman–Crippen LogP) is 3.72. The van der Waals surface area contributed by atoms with E-state index in [-0.39, 0.29) is 17.3 Å². The summed E-state index contributed by atoms with van der Waals surface area (Å²) in [5.41, 5.74) is -0.380. The third-order valence-corrected chi connectivity index (χ3v) is 8.19. The summed E-state index contributed by atoms with van der Waals surface area (Å²) in [6, 6.07) is 9.70. The molecule has 1 aliphatic rings. The molecule has 1 aromatic carbocycles. The van der Waals surface area contributed by atoms with Crippen molar-refractivity contribution in [2.75, 3.05) is 18.1 Å². The van der Waals surface area contributed by atoms with Gasteiger partial charge in [0.2, 0.25) is 0 Å². The van der Waals surface area contributed by atoms with Gasteiger partial charge < -0.3 is 14.6 Å². The van der Waals surface area contributed by atoms with Crippen molar-refractivity contribution in [1.82, 2.24) is 14.7 Å². The summed E-state index contributed by atoms with van der Waals surface area (Å²) in [5.74, 6) is -0.553. The molecule has 11 heteroatoms. The number of carbonyl (C=O) groups excluding carboxylic acids is 1. The van der Waals surface area contributed by atoms with Crippen molar-refractivity contribution in [2.45, 2.75) is 44.6 Å². The van der Waals surface area contributed by atoms with Crippen LogP contribution in [0.1, 0.15) is 44.5 Å². The minimum absolute atomic E-state index is 0.0169. The molecule has 1 unspecified atom stereocenters. The van der Waals surface area contributed by atoms with Crippen LogP contribution in [0.4, 0.5) is 10.2 Å². The molecule has 3 heterocycles. The quantitative estimate of drug-likeness (QED) is 0.479. The summed E-state index contributed by atoms with van der Waals surface area (Å²) in [6.45, 7) is 8.88. The largest absolute Gasteiger partial charge is 0.494 e. The highest BCUT2D eigenvalue weighted by atomic mass is 32.2. The Hall–Kier alpha value is -3.73. The smallest absolute Gasteiger partial charge is 0.269 e. The first-order valence-corrected chi connectivity index (χ1v) is 13.4. The second-order valence-corrected chi connectivity index (χ2v) is 11.1. The molecule has 37 heavy (non-hydrogen) atoms. The summed E-state index contributed by atoms with van der Waals surface area (Å²) in [6.07, 6.45) is 2.13. The summed E-state index contributed by atoms with van der Waals surface area (Å²) < 4.78 is 47.4. The standard InChI is InChI=1S/C26H29FN4O5S/c1-5-36-19-14-17(13-18(27)15-19)21-9-8-20(23(29-21)31-12-10-16(2)26(31,3)4)24(32)30-37(34,35)22-7-6-11-28-25(22)33/h6-9,11,13-16H,5,10,12H2,1-4H3,(H,28,33)(H,30,32). The van der Waals surface area contributed by atoms with Gasteiger partial charge in [0.25, 0.3) is 21.5 Å². The zero-order chi connectivity index (χ0) is 27.0. The Morgan fingerprint density at radius 1 is 1.27 bits per heavy atom. The second kappa shape index (κ2) is 9.97. The number of aromatic nitrogens is 2. The van der Waals surface area contributed by atoms with E-state index in [4.69, 9.17) is 9.72 Å². The Morgan fingerprint density at radius 3 is 2.68 bits per heavy atom.